The van der Waals surface area contributed by atoms with Crippen LogP contribution in [0.1, 0.15) is 25.7 Å². The van der Waals surface area contributed by atoms with E-state index in [1.54, 1.807) is 0 Å². The van der Waals surface area contributed by atoms with Crippen molar-refractivity contribution in [3.8, 4) is 0 Å². The molecule has 0 N–H and O–H groups in total. The molecule has 0 atom stereocenters. The van der Waals surface area contributed by atoms with Gasteiger partial charge < -0.3 is 4.79 Å². The molecule has 46 valence electrons. The Morgan fingerprint density at radius 1 is 1.44 bits per heavy atom. The Morgan fingerprint density at radius 2 is 2.11 bits per heavy atom. The molecule has 0 bridgehead atoms. The number of hydrogen-bond donors (Lipinski definition) is 0. The minimum atomic E-state index is 0. The molecule has 0 aromatic carbocycles. The fourth-order valence-electron chi connectivity index (χ4n) is 0.841. The first-order valence-electron chi connectivity index (χ1n) is 2.85. The van der Waals surface area contributed by atoms with Crippen LogP contribution in [0.15, 0.2) is 0 Å². The molecule has 1 rings (SSSR count). The summed E-state index contributed by atoms with van der Waals surface area (Å²) in [6, 6.07) is 0. The van der Waals surface area contributed by atoms with Gasteiger partial charge in [-0.25, -0.2) is 4.83 Å². The van der Waals surface area contributed by atoms with Gasteiger partial charge in [0.05, 0.1) is 0 Å². The van der Waals surface area contributed by atoms with E-state index in [1.165, 1.54) is 6.42 Å². The Labute approximate surface area is 107 Å². The van der Waals surface area contributed by atoms with Gasteiger partial charge in [0.25, 0.3) is 0 Å². The smallest absolute Gasteiger partial charge is 0.333 e. The summed E-state index contributed by atoms with van der Waals surface area (Å²) in [6.45, 7) is 0. The van der Waals surface area contributed by atoms with Crippen LogP contribution in [0, 0.1) is 4.83 Å². The van der Waals surface area contributed by atoms with Crippen molar-refractivity contribution in [1.29, 1.82) is 0 Å². The Hall–Kier alpha value is 1.66. The predicted octanol–water partition coefficient (Wildman–Crippen LogP) is -0.940. The zero-order valence-electron chi connectivity index (χ0n) is 5.61. The molecule has 0 aromatic rings. The van der Waals surface area contributed by atoms with E-state index >= 15 is 0 Å². The monoisotopic (exact) mass is 214 g/mol. The van der Waals surface area contributed by atoms with Gasteiger partial charge >= 0.3 is 51.4 Å². The first-order valence-corrected chi connectivity index (χ1v) is 3.64. The SMILES string of the molecule is O=C1CCCC[C-]1Br.[K+]. The van der Waals surface area contributed by atoms with E-state index < -0.39 is 0 Å². The van der Waals surface area contributed by atoms with E-state index in [4.69, 9.17) is 0 Å². The van der Waals surface area contributed by atoms with E-state index in [0.717, 1.165) is 24.1 Å². The van der Waals surface area contributed by atoms with Crippen molar-refractivity contribution in [2.45, 2.75) is 25.7 Å². The number of rotatable bonds is 0. The molecule has 0 unspecified atom stereocenters. The third kappa shape index (κ3) is 3.53. The van der Waals surface area contributed by atoms with Gasteiger partial charge in [0, 0.05) is 5.78 Å². The third-order valence-electron chi connectivity index (χ3n) is 1.35. The van der Waals surface area contributed by atoms with Crippen LogP contribution in [0.2, 0.25) is 0 Å². The summed E-state index contributed by atoms with van der Waals surface area (Å²) >= 11 is 3.22. The van der Waals surface area contributed by atoms with Gasteiger partial charge in [-0.15, -0.1) is 6.42 Å². The molecule has 1 nitrogen and oxygen atoms in total. The second kappa shape index (κ2) is 5.33. The number of hydrogen-bond acceptors (Lipinski definition) is 1. The van der Waals surface area contributed by atoms with Crippen LogP contribution in [0.5, 0.6) is 0 Å². The van der Waals surface area contributed by atoms with Crippen molar-refractivity contribution in [1.82, 2.24) is 0 Å². The van der Waals surface area contributed by atoms with Gasteiger partial charge in [0.15, 0.2) is 0 Å². The summed E-state index contributed by atoms with van der Waals surface area (Å²) in [5.74, 6) is 0.302. The third-order valence-corrected chi connectivity index (χ3v) is 2.19. The second-order valence-corrected chi connectivity index (χ2v) is 2.99. The van der Waals surface area contributed by atoms with Gasteiger partial charge in [-0.2, -0.15) is 0 Å². The van der Waals surface area contributed by atoms with Gasteiger partial charge in [0.1, 0.15) is 0 Å². The van der Waals surface area contributed by atoms with Crippen molar-refractivity contribution in [3.05, 3.63) is 4.83 Å². The molecule has 1 fully saturated rings. The number of halogens is 1. The van der Waals surface area contributed by atoms with Gasteiger partial charge in [-0.1, -0.05) is 12.8 Å². The minimum absolute atomic E-state index is 0. The molecule has 1 aliphatic carbocycles. The average molecular weight is 215 g/mol. The number of carbonyl (C=O) groups is 1. The average Bonchev–Trinajstić information content (AvgIpc) is 1.77. The molecule has 3 heteroatoms. The van der Waals surface area contributed by atoms with E-state index in [9.17, 15) is 4.79 Å². The van der Waals surface area contributed by atoms with Crippen LogP contribution in [0.25, 0.3) is 0 Å². The minimum Gasteiger partial charge on any atom is -0.333 e. The number of Topliss-reactive ketones (excluding diaryl/α,β-unsaturated/α-hetero) is 1. The maximum Gasteiger partial charge on any atom is 1.00 e. The molecule has 0 amide bonds. The second-order valence-electron chi connectivity index (χ2n) is 2.04. The van der Waals surface area contributed by atoms with E-state index in [1.807, 2.05) is 0 Å². The quantitative estimate of drug-likeness (QED) is 0.376. The van der Waals surface area contributed by atoms with Crippen LogP contribution >= 0.6 is 15.9 Å². The molecule has 0 aromatic heterocycles. The summed E-state index contributed by atoms with van der Waals surface area (Å²) in [5, 5.41) is 0. The first kappa shape index (κ1) is 10.7. The van der Waals surface area contributed by atoms with E-state index in [0.29, 0.717) is 5.78 Å². The van der Waals surface area contributed by atoms with Crippen molar-refractivity contribution >= 4 is 21.7 Å². The molecule has 0 saturated heterocycles. The van der Waals surface area contributed by atoms with Gasteiger partial charge in [-0.3, -0.25) is 15.9 Å². The molecule has 0 heterocycles. The van der Waals surface area contributed by atoms with Gasteiger partial charge in [0.2, 0.25) is 0 Å². The first-order chi connectivity index (χ1) is 3.80. The van der Waals surface area contributed by atoms with E-state index in [-0.39, 0.29) is 51.4 Å². The fourth-order valence-corrected chi connectivity index (χ4v) is 1.32. The van der Waals surface area contributed by atoms with Crippen LogP contribution in [-0.4, -0.2) is 5.78 Å². The fraction of sp³-hybridized carbons (Fsp3) is 0.667. The largest absolute Gasteiger partial charge is 1.00 e. The van der Waals surface area contributed by atoms with Crippen molar-refractivity contribution in [3.63, 3.8) is 0 Å². The summed E-state index contributed by atoms with van der Waals surface area (Å²) in [7, 11) is 0. The van der Waals surface area contributed by atoms with Crippen molar-refractivity contribution in [2.24, 2.45) is 0 Å². The standard InChI is InChI=1S/C6H8BrO.K/c7-5-3-1-2-4-6(5)8;/h1-4H2;/q-1;+1. The molecule has 0 radical (unpaired) electrons. The topological polar surface area (TPSA) is 17.1 Å². The van der Waals surface area contributed by atoms with E-state index in [2.05, 4.69) is 15.9 Å². The molecular weight excluding hydrogens is 207 g/mol. The normalized spacial score (nSPS) is 19.2. The Morgan fingerprint density at radius 3 is 2.44 bits per heavy atom. The number of ketones is 1. The number of carbonyl (C=O) groups excluding carboxylic acids is 1. The Bertz CT molecular complexity index is 105. The maximum atomic E-state index is 10.7. The molecule has 0 aliphatic heterocycles. The maximum absolute atomic E-state index is 10.7. The van der Waals surface area contributed by atoms with Crippen LogP contribution in [0.3, 0.4) is 0 Å². The van der Waals surface area contributed by atoms with Crippen LogP contribution < -0.4 is 51.4 Å². The molecule has 1 saturated carbocycles. The zero-order chi connectivity index (χ0) is 5.98. The van der Waals surface area contributed by atoms with Crippen LogP contribution in [-0.2, 0) is 4.79 Å². The van der Waals surface area contributed by atoms with Crippen molar-refractivity contribution in [2.75, 3.05) is 0 Å². The van der Waals surface area contributed by atoms with Gasteiger partial charge in [-0.05, 0) is 6.42 Å². The van der Waals surface area contributed by atoms with Crippen molar-refractivity contribution < 1.29 is 56.2 Å². The summed E-state index contributed by atoms with van der Waals surface area (Å²) in [5.41, 5.74) is 0. The molecule has 1 aliphatic rings. The predicted molar refractivity (Wildman–Crippen MR) is 35.6 cm³/mol. The summed E-state index contributed by atoms with van der Waals surface area (Å²) in [6.07, 6.45) is 3.96. The zero-order valence-corrected chi connectivity index (χ0v) is 10.3. The molecular formula is C6H8BrKO. The summed E-state index contributed by atoms with van der Waals surface area (Å²) < 4.78 is 0. The Balaban J connectivity index is 0.000000640. The molecule has 0 spiro atoms. The Kier molecular flexibility index (Phi) is 6.31. The summed E-state index contributed by atoms with van der Waals surface area (Å²) in [4.78, 5) is 11.6. The molecule has 9 heavy (non-hydrogen) atoms. The van der Waals surface area contributed by atoms with Crippen LogP contribution in [0.4, 0.5) is 0 Å².